The molecule has 5 aliphatic rings. The number of Topliss-reactive ketones (excluding diaryl/α,β-unsaturated/α-hetero) is 1. The maximum absolute atomic E-state index is 13.0. The van der Waals surface area contributed by atoms with Gasteiger partial charge in [-0.25, -0.2) is 0 Å². The van der Waals surface area contributed by atoms with Gasteiger partial charge in [0.05, 0.1) is 5.41 Å². The third-order valence-electron chi connectivity index (χ3n) is 8.32. The number of fused-ring (bicyclic) bond motifs is 4. The standard InChI is InChI=1S/C21H26O5/c1-10(22)12-5-6-13-11-3-4-15-17(23)18(24)16-9-21(15,19(25)26-16)14(11)7-8-20(12,13)2/h4-5,11,13-14,16-18,23-24H,3,6-9H2,1-2H3/t11?,13?,14?,16-,17+,18-,20+,21-/m0/s1. The van der Waals surface area contributed by atoms with Gasteiger partial charge in [0, 0.05) is 6.42 Å². The summed E-state index contributed by atoms with van der Waals surface area (Å²) >= 11 is 0. The Balaban J connectivity index is 1.57. The lowest BCUT2D eigenvalue weighted by molar-refractivity contribution is -0.153. The summed E-state index contributed by atoms with van der Waals surface area (Å²) in [6, 6.07) is 0. The van der Waals surface area contributed by atoms with Crippen LogP contribution in [0, 0.1) is 28.6 Å². The van der Waals surface area contributed by atoms with Crippen LogP contribution in [0.3, 0.4) is 0 Å². The van der Waals surface area contributed by atoms with Crippen molar-refractivity contribution in [1.29, 1.82) is 0 Å². The van der Waals surface area contributed by atoms with Crippen LogP contribution in [0.25, 0.3) is 0 Å². The highest BCUT2D eigenvalue weighted by Crippen LogP contribution is 2.67. The summed E-state index contributed by atoms with van der Waals surface area (Å²) in [4.78, 5) is 25.1. The molecule has 1 saturated heterocycles. The summed E-state index contributed by atoms with van der Waals surface area (Å²) in [7, 11) is 0. The summed E-state index contributed by atoms with van der Waals surface area (Å²) in [5.74, 6) is 0.679. The number of rotatable bonds is 1. The molecule has 4 aliphatic carbocycles. The summed E-state index contributed by atoms with van der Waals surface area (Å²) in [6.07, 6.45) is 5.37. The van der Waals surface area contributed by atoms with Crippen molar-refractivity contribution in [2.75, 3.05) is 0 Å². The molecule has 0 amide bonds. The van der Waals surface area contributed by atoms with Gasteiger partial charge in [0.2, 0.25) is 0 Å². The average Bonchev–Trinajstić information content (AvgIpc) is 3.10. The third kappa shape index (κ3) is 1.74. The lowest BCUT2D eigenvalue weighted by Crippen LogP contribution is -2.56. The molecule has 0 radical (unpaired) electrons. The molecule has 3 unspecified atom stereocenters. The highest BCUT2D eigenvalue weighted by atomic mass is 16.6. The zero-order valence-electron chi connectivity index (χ0n) is 15.3. The Hall–Kier alpha value is -1.46. The van der Waals surface area contributed by atoms with Gasteiger partial charge in [0.25, 0.3) is 0 Å². The zero-order chi connectivity index (χ0) is 18.4. The highest BCUT2D eigenvalue weighted by molar-refractivity contribution is 5.95. The number of carbonyl (C=O) groups is 2. The van der Waals surface area contributed by atoms with Gasteiger partial charge < -0.3 is 14.9 Å². The van der Waals surface area contributed by atoms with Crippen LogP contribution in [0.4, 0.5) is 0 Å². The number of allylic oxidation sites excluding steroid dienone is 3. The number of ketones is 1. The van der Waals surface area contributed by atoms with Gasteiger partial charge in [0.1, 0.15) is 18.3 Å². The fraction of sp³-hybridized carbons (Fsp3) is 0.714. The molecule has 140 valence electrons. The molecule has 0 aromatic carbocycles. The Kier molecular flexibility index (Phi) is 3.26. The summed E-state index contributed by atoms with van der Waals surface area (Å²) in [5, 5.41) is 20.9. The molecule has 3 fully saturated rings. The van der Waals surface area contributed by atoms with E-state index >= 15 is 0 Å². The topological polar surface area (TPSA) is 83.8 Å². The van der Waals surface area contributed by atoms with Crippen LogP contribution >= 0.6 is 0 Å². The molecule has 26 heavy (non-hydrogen) atoms. The fourth-order valence-electron chi connectivity index (χ4n) is 7.19. The van der Waals surface area contributed by atoms with Gasteiger partial charge in [-0.15, -0.1) is 0 Å². The second kappa shape index (κ2) is 5.08. The van der Waals surface area contributed by atoms with E-state index in [1.807, 2.05) is 6.08 Å². The highest BCUT2D eigenvalue weighted by Gasteiger charge is 2.68. The van der Waals surface area contributed by atoms with E-state index in [0.717, 1.165) is 31.3 Å². The first-order valence-corrected chi connectivity index (χ1v) is 9.80. The van der Waals surface area contributed by atoms with E-state index in [0.29, 0.717) is 23.8 Å². The van der Waals surface area contributed by atoms with Crippen LogP contribution < -0.4 is 0 Å². The molecule has 1 aliphatic heterocycles. The van der Waals surface area contributed by atoms with E-state index in [1.54, 1.807) is 6.92 Å². The molecule has 8 atom stereocenters. The number of esters is 1. The minimum absolute atomic E-state index is 0.107. The van der Waals surface area contributed by atoms with E-state index in [1.165, 1.54) is 0 Å². The van der Waals surface area contributed by atoms with E-state index in [2.05, 4.69) is 13.0 Å². The molecule has 5 rings (SSSR count). The molecule has 0 aromatic heterocycles. The molecular formula is C21H26O5. The molecule has 2 bridgehead atoms. The normalized spacial score (nSPS) is 51.6. The van der Waals surface area contributed by atoms with Gasteiger partial charge in [-0.3, -0.25) is 9.59 Å². The molecular weight excluding hydrogens is 332 g/mol. The first-order chi connectivity index (χ1) is 12.3. The summed E-state index contributed by atoms with van der Waals surface area (Å²) in [6.45, 7) is 3.86. The summed E-state index contributed by atoms with van der Waals surface area (Å²) in [5.41, 5.74) is 0.765. The second-order valence-corrected chi connectivity index (χ2v) is 9.19. The maximum atomic E-state index is 13.0. The lowest BCUT2D eigenvalue weighted by Gasteiger charge is -2.55. The molecule has 0 aromatic rings. The first-order valence-electron chi connectivity index (χ1n) is 9.80. The van der Waals surface area contributed by atoms with Crippen molar-refractivity contribution < 1.29 is 24.5 Å². The number of ether oxygens (including phenoxy) is 1. The Morgan fingerprint density at radius 1 is 1.23 bits per heavy atom. The van der Waals surface area contributed by atoms with Gasteiger partial charge in [-0.05, 0) is 66.9 Å². The van der Waals surface area contributed by atoms with Crippen LogP contribution in [0.15, 0.2) is 23.3 Å². The van der Waals surface area contributed by atoms with Crippen LogP contribution in [0.1, 0.15) is 46.0 Å². The largest absolute Gasteiger partial charge is 0.459 e. The molecule has 1 spiro atoms. The Bertz CT molecular complexity index is 766. The third-order valence-corrected chi connectivity index (χ3v) is 8.32. The Labute approximate surface area is 153 Å². The molecule has 2 N–H and O–H groups in total. The SMILES string of the molecule is CC(=O)C1=CCC2C3CC=C4[C@@H](O)[C@@H](O)[C@@H]5C[C@]4(C(=O)O5)C3CC[C@]12C. The van der Waals surface area contributed by atoms with Crippen LogP contribution in [-0.4, -0.2) is 40.3 Å². The van der Waals surface area contributed by atoms with Crippen molar-refractivity contribution in [3.63, 3.8) is 0 Å². The quantitative estimate of drug-likeness (QED) is 0.553. The monoisotopic (exact) mass is 358 g/mol. The zero-order valence-corrected chi connectivity index (χ0v) is 15.3. The lowest BCUT2D eigenvalue weighted by atomic mass is 9.47. The van der Waals surface area contributed by atoms with Gasteiger partial charge in [0.15, 0.2) is 5.78 Å². The first kappa shape index (κ1) is 16.7. The van der Waals surface area contributed by atoms with Crippen molar-refractivity contribution in [2.45, 2.75) is 64.3 Å². The predicted molar refractivity (Wildman–Crippen MR) is 92.8 cm³/mol. The van der Waals surface area contributed by atoms with Crippen LogP contribution in [0.2, 0.25) is 0 Å². The van der Waals surface area contributed by atoms with Crippen molar-refractivity contribution in [3.8, 4) is 0 Å². The van der Waals surface area contributed by atoms with Crippen LogP contribution in [-0.2, 0) is 14.3 Å². The minimum atomic E-state index is -1.02. The summed E-state index contributed by atoms with van der Waals surface area (Å²) < 4.78 is 5.52. The van der Waals surface area contributed by atoms with E-state index < -0.39 is 23.7 Å². The number of aliphatic hydroxyl groups excluding tert-OH is 2. The van der Waals surface area contributed by atoms with Gasteiger partial charge in [-0.2, -0.15) is 0 Å². The fourth-order valence-corrected chi connectivity index (χ4v) is 7.19. The van der Waals surface area contributed by atoms with Gasteiger partial charge in [-0.1, -0.05) is 19.1 Å². The van der Waals surface area contributed by atoms with Crippen molar-refractivity contribution in [2.24, 2.45) is 28.6 Å². The number of carbonyl (C=O) groups excluding carboxylic acids is 2. The van der Waals surface area contributed by atoms with Gasteiger partial charge >= 0.3 is 5.97 Å². The second-order valence-electron chi connectivity index (χ2n) is 9.19. The number of hydrogen-bond acceptors (Lipinski definition) is 5. The molecule has 2 saturated carbocycles. The van der Waals surface area contributed by atoms with Crippen LogP contribution in [0.5, 0.6) is 0 Å². The van der Waals surface area contributed by atoms with Crippen molar-refractivity contribution >= 4 is 11.8 Å². The van der Waals surface area contributed by atoms with Crippen molar-refractivity contribution in [3.05, 3.63) is 23.3 Å². The van der Waals surface area contributed by atoms with E-state index in [-0.39, 0.29) is 23.1 Å². The predicted octanol–water partition coefficient (Wildman–Crippen LogP) is 1.92. The average molecular weight is 358 g/mol. The molecule has 1 heterocycles. The van der Waals surface area contributed by atoms with E-state index in [4.69, 9.17) is 4.74 Å². The maximum Gasteiger partial charge on any atom is 0.317 e. The number of aliphatic hydroxyl groups is 2. The number of hydrogen-bond donors (Lipinski definition) is 2. The Morgan fingerprint density at radius 3 is 2.73 bits per heavy atom. The molecule has 5 nitrogen and oxygen atoms in total. The molecule has 5 heteroatoms. The smallest absolute Gasteiger partial charge is 0.317 e. The minimum Gasteiger partial charge on any atom is -0.459 e. The van der Waals surface area contributed by atoms with Crippen molar-refractivity contribution in [1.82, 2.24) is 0 Å². The Morgan fingerprint density at radius 2 is 2.00 bits per heavy atom. The van der Waals surface area contributed by atoms with E-state index in [9.17, 15) is 19.8 Å².